The van der Waals surface area contributed by atoms with E-state index >= 15 is 0 Å². The fourth-order valence-electron chi connectivity index (χ4n) is 4.23. The van der Waals surface area contributed by atoms with Crippen LogP contribution in [-0.2, 0) is 25.0 Å². The lowest BCUT2D eigenvalue weighted by molar-refractivity contribution is -0.155. The Morgan fingerprint density at radius 1 is 1.09 bits per heavy atom. The van der Waals surface area contributed by atoms with E-state index in [1.54, 1.807) is 43.3 Å². The van der Waals surface area contributed by atoms with Crippen molar-refractivity contribution in [1.29, 1.82) is 0 Å². The highest BCUT2D eigenvalue weighted by Crippen LogP contribution is 2.28. The number of aromatic nitrogens is 2. The van der Waals surface area contributed by atoms with Gasteiger partial charge in [0.2, 0.25) is 10.0 Å². The maximum Gasteiger partial charge on any atom is 0.309 e. The average Bonchev–Trinajstić information content (AvgIpc) is 2.83. The molecule has 1 aromatic heterocycles. The van der Waals surface area contributed by atoms with Gasteiger partial charge in [-0.25, -0.2) is 13.4 Å². The smallest absolute Gasteiger partial charge is 0.309 e. The number of fused-ring (bicyclic) bond motifs is 1. The maximum atomic E-state index is 13.1. The van der Waals surface area contributed by atoms with Gasteiger partial charge in [0.25, 0.3) is 5.56 Å². The number of piperidine rings is 1. The van der Waals surface area contributed by atoms with Gasteiger partial charge in [0.1, 0.15) is 0 Å². The molecule has 8 nitrogen and oxygen atoms in total. The zero-order valence-corrected chi connectivity index (χ0v) is 21.3. The first kappa shape index (κ1) is 25.1. The lowest BCUT2D eigenvalue weighted by atomic mass is 9.87. The summed E-state index contributed by atoms with van der Waals surface area (Å²) in [5.74, 6) is -0.556. The van der Waals surface area contributed by atoms with E-state index in [1.807, 2.05) is 12.1 Å². The third kappa shape index (κ3) is 5.31. The van der Waals surface area contributed by atoms with Gasteiger partial charge < -0.3 is 9.72 Å². The van der Waals surface area contributed by atoms with E-state index in [0.717, 1.165) is 5.56 Å². The second-order valence-electron chi connectivity index (χ2n) is 10.0. The number of aromatic amines is 1. The van der Waals surface area contributed by atoms with E-state index in [2.05, 4.69) is 30.7 Å². The largest absolute Gasteiger partial charge is 0.454 e. The Labute approximate surface area is 205 Å². The molecule has 1 aliphatic rings. The van der Waals surface area contributed by atoms with Gasteiger partial charge in [-0.2, -0.15) is 4.31 Å². The monoisotopic (exact) mass is 497 g/mol. The van der Waals surface area contributed by atoms with Crippen LogP contribution in [0.3, 0.4) is 0 Å². The van der Waals surface area contributed by atoms with Crippen LogP contribution in [0.2, 0.25) is 0 Å². The van der Waals surface area contributed by atoms with Crippen LogP contribution in [0.15, 0.2) is 58.2 Å². The average molecular weight is 498 g/mol. The Hall–Kier alpha value is -3.04. The molecular weight excluding hydrogens is 466 g/mol. The number of para-hydroxylation sites is 1. The topological polar surface area (TPSA) is 109 Å². The Balaban J connectivity index is 1.38. The van der Waals surface area contributed by atoms with Crippen LogP contribution in [0.25, 0.3) is 10.9 Å². The molecule has 0 radical (unpaired) electrons. The van der Waals surface area contributed by atoms with Crippen molar-refractivity contribution in [1.82, 2.24) is 14.3 Å². The molecule has 1 atom stereocenters. The van der Waals surface area contributed by atoms with Crippen LogP contribution in [0.4, 0.5) is 0 Å². The summed E-state index contributed by atoms with van der Waals surface area (Å²) in [7, 11) is -3.63. The summed E-state index contributed by atoms with van der Waals surface area (Å²) >= 11 is 0. The van der Waals surface area contributed by atoms with Gasteiger partial charge in [0.05, 0.1) is 21.7 Å². The molecule has 3 aromatic rings. The first-order valence-electron chi connectivity index (χ1n) is 11.8. The summed E-state index contributed by atoms with van der Waals surface area (Å²) in [6.45, 7) is 8.37. The number of H-pyrrole nitrogens is 1. The van der Waals surface area contributed by atoms with E-state index in [0.29, 0.717) is 23.7 Å². The highest BCUT2D eigenvalue weighted by atomic mass is 32.2. The minimum absolute atomic E-state index is 0.0620. The molecule has 1 N–H and O–H groups in total. The Morgan fingerprint density at radius 3 is 2.34 bits per heavy atom. The fraction of sp³-hybridized carbons (Fsp3) is 0.423. The van der Waals surface area contributed by atoms with Crippen LogP contribution in [0.1, 0.15) is 58.0 Å². The van der Waals surface area contributed by atoms with Crippen LogP contribution in [0, 0.1) is 5.92 Å². The Bertz CT molecular complexity index is 1380. The molecule has 0 bridgehead atoms. The molecule has 2 aromatic carbocycles. The van der Waals surface area contributed by atoms with Crippen molar-refractivity contribution in [2.75, 3.05) is 13.1 Å². The summed E-state index contributed by atoms with van der Waals surface area (Å²) in [6.07, 6.45) is 0.00175. The van der Waals surface area contributed by atoms with E-state index < -0.39 is 28.0 Å². The number of hydrogen-bond acceptors (Lipinski definition) is 6. The van der Waals surface area contributed by atoms with Crippen molar-refractivity contribution in [3.8, 4) is 0 Å². The molecule has 0 aliphatic carbocycles. The van der Waals surface area contributed by atoms with Crippen LogP contribution >= 0.6 is 0 Å². The standard InChI is InChI=1S/C26H31N3O5S/c1-17(23-27-22-8-6-5-7-21(22)24(30)28-23)34-25(31)18-13-15-29(16-14-18)35(32,33)20-11-9-19(10-12-20)26(2,3)4/h5-12,17-18H,13-16H2,1-4H3,(H,27,28,30). The Morgan fingerprint density at radius 2 is 1.71 bits per heavy atom. The molecule has 0 amide bonds. The van der Waals surface area contributed by atoms with Gasteiger partial charge in [-0.3, -0.25) is 9.59 Å². The number of esters is 1. The number of carbonyl (C=O) groups is 1. The zero-order chi connectivity index (χ0) is 25.4. The minimum Gasteiger partial charge on any atom is -0.454 e. The summed E-state index contributed by atoms with van der Waals surface area (Å²) in [5, 5.41) is 0.469. The molecule has 9 heteroatoms. The molecule has 35 heavy (non-hydrogen) atoms. The molecular formula is C26H31N3O5S. The minimum atomic E-state index is -3.63. The van der Waals surface area contributed by atoms with Gasteiger partial charge in [-0.05, 0) is 55.0 Å². The molecule has 2 heterocycles. The molecule has 0 saturated carbocycles. The predicted octanol–water partition coefficient (Wildman–Crippen LogP) is 3.93. The zero-order valence-electron chi connectivity index (χ0n) is 20.4. The van der Waals surface area contributed by atoms with Crippen molar-refractivity contribution in [3.63, 3.8) is 0 Å². The third-order valence-corrected chi connectivity index (χ3v) is 8.37. The molecule has 0 spiro atoms. The summed E-state index contributed by atoms with van der Waals surface area (Å²) in [5.41, 5.74) is 1.24. The molecule has 186 valence electrons. The highest BCUT2D eigenvalue weighted by molar-refractivity contribution is 7.89. The first-order chi connectivity index (χ1) is 16.5. The Kier molecular flexibility index (Phi) is 6.83. The van der Waals surface area contributed by atoms with E-state index in [1.165, 1.54) is 4.31 Å². The van der Waals surface area contributed by atoms with Crippen LogP contribution < -0.4 is 5.56 Å². The van der Waals surface area contributed by atoms with Crippen molar-refractivity contribution in [3.05, 3.63) is 70.3 Å². The summed E-state index contributed by atoms with van der Waals surface area (Å²) in [6, 6.07) is 14.0. The fourth-order valence-corrected chi connectivity index (χ4v) is 5.70. The van der Waals surface area contributed by atoms with Crippen LogP contribution in [0.5, 0.6) is 0 Å². The molecule has 4 rings (SSSR count). The number of nitrogens with zero attached hydrogens (tertiary/aromatic N) is 2. The van der Waals surface area contributed by atoms with Gasteiger partial charge in [-0.1, -0.05) is 45.0 Å². The maximum absolute atomic E-state index is 13.1. The number of carbonyl (C=O) groups excluding carboxylic acids is 1. The lowest BCUT2D eigenvalue weighted by Crippen LogP contribution is -2.40. The van der Waals surface area contributed by atoms with Crippen LogP contribution in [-0.4, -0.2) is 41.7 Å². The quantitative estimate of drug-likeness (QED) is 0.535. The predicted molar refractivity (Wildman–Crippen MR) is 133 cm³/mol. The van der Waals surface area contributed by atoms with E-state index in [-0.39, 0.29) is 34.8 Å². The van der Waals surface area contributed by atoms with E-state index in [4.69, 9.17) is 4.74 Å². The second-order valence-corrected chi connectivity index (χ2v) is 11.9. The van der Waals surface area contributed by atoms with E-state index in [9.17, 15) is 18.0 Å². The molecule has 1 unspecified atom stereocenters. The first-order valence-corrected chi connectivity index (χ1v) is 13.2. The van der Waals surface area contributed by atoms with Gasteiger partial charge in [0, 0.05) is 13.1 Å². The number of benzene rings is 2. The van der Waals surface area contributed by atoms with Crippen molar-refractivity contribution in [2.24, 2.45) is 5.92 Å². The van der Waals surface area contributed by atoms with Gasteiger partial charge >= 0.3 is 5.97 Å². The third-order valence-electron chi connectivity index (χ3n) is 6.45. The second kappa shape index (κ2) is 9.54. The lowest BCUT2D eigenvalue weighted by Gasteiger charge is -2.30. The SMILES string of the molecule is CC(OC(=O)C1CCN(S(=O)(=O)c2ccc(C(C)(C)C)cc2)CC1)c1nc2ccccc2c(=O)[nH]1. The van der Waals surface area contributed by atoms with Crippen molar-refractivity contribution in [2.45, 2.75) is 57.0 Å². The number of sulfonamides is 1. The van der Waals surface area contributed by atoms with Gasteiger partial charge in [0.15, 0.2) is 11.9 Å². The summed E-state index contributed by atoms with van der Waals surface area (Å²) < 4.78 is 33.2. The van der Waals surface area contributed by atoms with Crippen molar-refractivity contribution < 1.29 is 17.9 Å². The van der Waals surface area contributed by atoms with Gasteiger partial charge in [-0.15, -0.1) is 0 Å². The highest BCUT2D eigenvalue weighted by Gasteiger charge is 2.33. The molecule has 1 fully saturated rings. The molecule has 1 saturated heterocycles. The number of rotatable bonds is 5. The normalized spacial score (nSPS) is 16.8. The summed E-state index contributed by atoms with van der Waals surface area (Å²) in [4.78, 5) is 32.4. The van der Waals surface area contributed by atoms with Crippen molar-refractivity contribution >= 4 is 26.9 Å². The molecule has 1 aliphatic heterocycles. The number of nitrogens with one attached hydrogen (secondary N) is 1. The number of ether oxygens (including phenoxy) is 1. The number of hydrogen-bond donors (Lipinski definition) is 1.